The van der Waals surface area contributed by atoms with Gasteiger partial charge in [-0.25, -0.2) is 0 Å². The van der Waals surface area contributed by atoms with Crippen LogP contribution < -0.4 is 0 Å². The van der Waals surface area contributed by atoms with Crippen LogP contribution in [-0.4, -0.2) is 25.7 Å². The minimum Gasteiger partial charge on any atom is -0.351 e. The molecule has 0 amide bonds. The Morgan fingerprint density at radius 1 is 0.900 bits per heavy atom. The van der Waals surface area contributed by atoms with Gasteiger partial charge in [-0.05, 0) is 55.6 Å². The maximum atomic E-state index is 14.2. The van der Waals surface area contributed by atoms with Gasteiger partial charge in [-0.15, -0.1) is 0 Å². The number of ether oxygens (including phenoxy) is 2. The summed E-state index contributed by atoms with van der Waals surface area (Å²) in [7, 11) is 0. The van der Waals surface area contributed by atoms with Crippen molar-refractivity contribution in [1.82, 2.24) is 0 Å². The van der Waals surface area contributed by atoms with Crippen molar-refractivity contribution in [1.29, 1.82) is 0 Å². The van der Waals surface area contributed by atoms with Crippen LogP contribution in [0.25, 0.3) is 0 Å². The van der Waals surface area contributed by atoms with Crippen molar-refractivity contribution in [2.24, 2.45) is 11.8 Å². The normalized spacial score (nSPS) is 30.4. The van der Waals surface area contributed by atoms with E-state index in [1.165, 1.54) is 12.8 Å². The van der Waals surface area contributed by atoms with Crippen LogP contribution in [-0.2, 0) is 21.3 Å². The number of hydrogen-bond donors (Lipinski definition) is 0. The second kappa shape index (κ2) is 10.5. The third kappa shape index (κ3) is 5.40. The average Bonchev–Trinajstić information content (AvgIpc) is 2.75. The summed E-state index contributed by atoms with van der Waals surface area (Å²) in [6.07, 6.45) is 5.98. The number of rotatable bonds is 8. The molecule has 2 nitrogen and oxygen atoms in total. The fraction of sp³-hybridized carbons (Fsp3) is 0.760. The molecule has 1 aromatic rings. The smallest absolute Gasteiger partial charge is 0.351 e. The molecule has 1 aliphatic carbocycles. The van der Waals surface area contributed by atoms with Crippen LogP contribution in [0.5, 0.6) is 0 Å². The molecule has 1 saturated heterocycles. The number of hydrogen-bond acceptors (Lipinski definition) is 2. The van der Waals surface area contributed by atoms with Gasteiger partial charge in [0.05, 0.1) is 13.2 Å². The highest BCUT2D eigenvalue weighted by Crippen LogP contribution is 2.46. The van der Waals surface area contributed by atoms with Gasteiger partial charge in [0.25, 0.3) is 0 Å². The van der Waals surface area contributed by atoms with E-state index in [1.54, 1.807) is 12.1 Å². The van der Waals surface area contributed by atoms with Crippen LogP contribution in [0.2, 0.25) is 0 Å². The molecule has 0 aromatic heterocycles. The number of benzene rings is 1. The number of aryl methyl sites for hydroxylation is 1. The van der Waals surface area contributed by atoms with Crippen molar-refractivity contribution in [2.75, 3.05) is 13.2 Å². The average molecular weight is 427 g/mol. The topological polar surface area (TPSA) is 18.5 Å². The van der Waals surface area contributed by atoms with E-state index in [0.717, 1.165) is 62.8 Å². The van der Waals surface area contributed by atoms with Crippen molar-refractivity contribution in [3.05, 3.63) is 35.4 Å². The lowest BCUT2D eigenvalue weighted by Crippen LogP contribution is -2.55. The zero-order valence-corrected chi connectivity index (χ0v) is 18.5. The summed E-state index contributed by atoms with van der Waals surface area (Å²) in [5.41, 5.74) is -0.742. The van der Waals surface area contributed by atoms with Crippen LogP contribution in [0.15, 0.2) is 24.3 Å². The number of alkyl halides is 3. The summed E-state index contributed by atoms with van der Waals surface area (Å²) in [5, 5.41) is 0. The largest absolute Gasteiger partial charge is 0.402 e. The van der Waals surface area contributed by atoms with Gasteiger partial charge in [-0.1, -0.05) is 63.8 Å². The van der Waals surface area contributed by atoms with Crippen molar-refractivity contribution in [3.63, 3.8) is 0 Å². The Morgan fingerprint density at radius 2 is 1.53 bits per heavy atom. The molecule has 2 fully saturated rings. The zero-order chi connectivity index (χ0) is 21.6. The predicted octanol–water partition coefficient (Wildman–Crippen LogP) is 7.20. The predicted molar refractivity (Wildman–Crippen MR) is 113 cm³/mol. The molecule has 2 aliphatic rings. The molecule has 1 heterocycles. The summed E-state index contributed by atoms with van der Waals surface area (Å²) >= 11 is 0. The minimum absolute atomic E-state index is 0.213. The Hall–Kier alpha value is -1.07. The standard InChI is InChI=1S/C25H37F3O2/c1-3-5-6-8-20-11-15-22(16-12-20)24(25(26,27)28)17-29-23(30-18-24)21-13-9-19(7-4-2)10-14-21/h11-12,15-16,19,21,23H,3-10,13-14,17-18H2,1-2H3. The summed E-state index contributed by atoms with van der Waals surface area (Å²) in [4.78, 5) is 0. The lowest BCUT2D eigenvalue weighted by Gasteiger charge is -2.44. The van der Waals surface area contributed by atoms with E-state index in [4.69, 9.17) is 9.47 Å². The summed E-state index contributed by atoms with van der Waals surface area (Å²) in [5.74, 6) is 0.963. The zero-order valence-electron chi connectivity index (χ0n) is 18.5. The first-order valence-electron chi connectivity index (χ1n) is 11.8. The van der Waals surface area contributed by atoms with E-state index in [0.29, 0.717) is 0 Å². The van der Waals surface area contributed by atoms with Gasteiger partial charge in [0, 0.05) is 5.92 Å². The van der Waals surface area contributed by atoms with Gasteiger partial charge < -0.3 is 9.47 Å². The third-order valence-electron chi connectivity index (χ3n) is 7.08. The van der Waals surface area contributed by atoms with E-state index >= 15 is 0 Å². The molecule has 1 saturated carbocycles. The van der Waals surface area contributed by atoms with E-state index in [-0.39, 0.29) is 24.7 Å². The first-order valence-corrected chi connectivity index (χ1v) is 11.8. The van der Waals surface area contributed by atoms with Crippen molar-refractivity contribution >= 4 is 0 Å². The third-order valence-corrected chi connectivity index (χ3v) is 7.08. The van der Waals surface area contributed by atoms with E-state index in [9.17, 15) is 13.2 Å². The van der Waals surface area contributed by atoms with E-state index in [1.807, 2.05) is 12.1 Å². The molecule has 0 radical (unpaired) electrons. The fourth-order valence-corrected chi connectivity index (χ4v) is 5.03. The summed E-state index contributed by atoms with van der Waals surface area (Å²) in [6, 6.07) is 6.91. The van der Waals surface area contributed by atoms with Crippen LogP contribution in [0, 0.1) is 11.8 Å². The highest BCUT2D eigenvalue weighted by Gasteiger charge is 2.59. The Kier molecular flexibility index (Phi) is 8.25. The highest BCUT2D eigenvalue weighted by molar-refractivity contribution is 5.32. The molecular weight excluding hydrogens is 389 g/mol. The van der Waals surface area contributed by atoms with E-state index < -0.39 is 17.9 Å². The number of halogens is 3. The molecule has 0 unspecified atom stereocenters. The van der Waals surface area contributed by atoms with Crippen molar-refractivity contribution in [3.8, 4) is 0 Å². The molecule has 30 heavy (non-hydrogen) atoms. The van der Waals surface area contributed by atoms with Gasteiger partial charge in [0.2, 0.25) is 0 Å². The molecule has 1 aliphatic heterocycles. The molecule has 0 atom stereocenters. The Balaban J connectivity index is 1.64. The molecule has 170 valence electrons. The van der Waals surface area contributed by atoms with Gasteiger partial charge in [-0.3, -0.25) is 0 Å². The molecule has 0 N–H and O–H groups in total. The molecule has 5 heteroatoms. The molecule has 0 spiro atoms. The highest BCUT2D eigenvalue weighted by atomic mass is 19.4. The first-order chi connectivity index (χ1) is 14.4. The van der Waals surface area contributed by atoms with Crippen LogP contribution in [0.1, 0.15) is 82.8 Å². The fourth-order valence-electron chi connectivity index (χ4n) is 5.03. The van der Waals surface area contributed by atoms with Gasteiger partial charge in [-0.2, -0.15) is 13.2 Å². The lowest BCUT2D eigenvalue weighted by atomic mass is 9.78. The monoisotopic (exact) mass is 426 g/mol. The summed E-state index contributed by atoms with van der Waals surface area (Å²) in [6.45, 7) is 3.63. The maximum Gasteiger partial charge on any atom is 0.402 e. The van der Waals surface area contributed by atoms with Crippen LogP contribution in [0.3, 0.4) is 0 Å². The molecular formula is C25H37F3O2. The van der Waals surface area contributed by atoms with Crippen LogP contribution in [0.4, 0.5) is 13.2 Å². The molecule has 1 aromatic carbocycles. The van der Waals surface area contributed by atoms with Crippen molar-refractivity contribution in [2.45, 2.75) is 95.9 Å². The minimum atomic E-state index is -4.42. The second-order valence-corrected chi connectivity index (χ2v) is 9.29. The Labute approximate surface area is 179 Å². The van der Waals surface area contributed by atoms with Gasteiger partial charge in [0.15, 0.2) is 6.29 Å². The maximum absolute atomic E-state index is 14.2. The van der Waals surface area contributed by atoms with Gasteiger partial charge in [0.1, 0.15) is 5.41 Å². The molecule has 3 rings (SSSR count). The lowest BCUT2D eigenvalue weighted by molar-refractivity contribution is -0.301. The molecule has 0 bridgehead atoms. The SMILES string of the molecule is CCCCCc1ccc(C2(C(F)(F)F)COC(C3CCC(CCC)CC3)OC2)cc1. The van der Waals surface area contributed by atoms with E-state index in [2.05, 4.69) is 13.8 Å². The van der Waals surface area contributed by atoms with Crippen LogP contribution >= 0.6 is 0 Å². The van der Waals surface area contributed by atoms with Crippen molar-refractivity contribution < 1.29 is 22.6 Å². The summed E-state index contributed by atoms with van der Waals surface area (Å²) < 4.78 is 54.1. The van der Waals surface area contributed by atoms with Gasteiger partial charge >= 0.3 is 6.18 Å². The number of unbranched alkanes of at least 4 members (excludes halogenated alkanes) is 2. The first kappa shape index (κ1) is 23.6. The Morgan fingerprint density at radius 3 is 2.07 bits per heavy atom. The quantitative estimate of drug-likeness (QED) is 0.409. The Bertz CT molecular complexity index is 625. The second-order valence-electron chi connectivity index (χ2n) is 9.29.